The molecule has 0 aliphatic carbocycles. The Morgan fingerprint density at radius 1 is 1.37 bits per heavy atom. The van der Waals surface area contributed by atoms with E-state index in [2.05, 4.69) is 41.9 Å². The van der Waals surface area contributed by atoms with E-state index in [1.807, 2.05) is 0 Å². The summed E-state index contributed by atoms with van der Waals surface area (Å²) in [4.78, 5) is 0.267. The molecule has 0 amide bonds. The van der Waals surface area contributed by atoms with Crippen molar-refractivity contribution in [1.29, 1.82) is 0 Å². The van der Waals surface area contributed by atoms with Crippen LogP contribution in [-0.4, -0.2) is 28.1 Å². The van der Waals surface area contributed by atoms with Crippen molar-refractivity contribution in [2.75, 3.05) is 19.6 Å². The molecule has 1 saturated heterocycles. The quantitative estimate of drug-likeness (QED) is 0.766. The summed E-state index contributed by atoms with van der Waals surface area (Å²) in [6.07, 6.45) is 1.02. The summed E-state index contributed by atoms with van der Waals surface area (Å²) in [5.41, 5.74) is 0. The molecule has 0 saturated carbocycles. The van der Waals surface area contributed by atoms with E-state index < -0.39 is 10.0 Å². The zero-order valence-electron chi connectivity index (χ0n) is 10.0. The van der Waals surface area contributed by atoms with Crippen molar-refractivity contribution in [1.82, 2.24) is 10.0 Å². The molecule has 0 bridgehead atoms. The summed E-state index contributed by atoms with van der Waals surface area (Å²) in [6.45, 7) is 2.32. The minimum atomic E-state index is -3.46. The van der Waals surface area contributed by atoms with Crippen molar-refractivity contribution in [2.45, 2.75) is 11.3 Å². The fourth-order valence-electron chi connectivity index (χ4n) is 1.88. The molecule has 1 atom stereocenters. The number of benzene rings is 1. The van der Waals surface area contributed by atoms with E-state index in [1.54, 1.807) is 18.2 Å². The molecule has 1 aliphatic rings. The second-order valence-electron chi connectivity index (χ2n) is 4.29. The van der Waals surface area contributed by atoms with Crippen LogP contribution >= 0.6 is 44.3 Å². The van der Waals surface area contributed by atoms with E-state index in [-0.39, 0.29) is 17.3 Å². The molecule has 19 heavy (non-hydrogen) atoms. The molecular formula is C11H15Br2ClN2O2S. The molecule has 8 heteroatoms. The molecular weight excluding hydrogens is 419 g/mol. The van der Waals surface area contributed by atoms with Gasteiger partial charge in [0.05, 0.1) is 4.90 Å². The first-order valence-electron chi connectivity index (χ1n) is 5.64. The topological polar surface area (TPSA) is 58.2 Å². The van der Waals surface area contributed by atoms with Crippen LogP contribution < -0.4 is 10.0 Å². The summed E-state index contributed by atoms with van der Waals surface area (Å²) in [5.74, 6) is 0.380. The zero-order valence-corrected chi connectivity index (χ0v) is 14.8. The van der Waals surface area contributed by atoms with Crippen molar-refractivity contribution in [3.05, 3.63) is 27.1 Å². The highest BCUT2D eigenvalue weighted by Gasteiger charge is 2.21. The molecule has 0 radical (unpaired) electrons. The van der Waals surface area contributed by atoms with E-state index in [9.17, 15) is 8.42 Å². The van der Waals surface area contributed by atoms with Gasteiger partial charge in [-0.2, -0.15) is 0 Å². The maximum absolute atomic E-state index is 12.2. The lowest BCUT2D eigenvalue weighted by Gasteiger charge is -2.12. The SMILES string of the molecule is Cl.O=S(=O)(NCC1CCNC1)c1cc(Br)ccc1Br. The Bertz CT molecular complexity index is 533. The highest BCUT2D eigenvalue weighted by atomic mass is 79.9. The maximum Gasteiger partial charge on any atom is 0.241 e. The largest absolute Gasteiger partial charge is 0.316 e. The van der Waals surface area contributed by atoms with Crippen LogP contribution in [0.25, 0.3) is 0 Å². The molecule has 4 nitrogen and oxygen atoms in total. The second kappa shape index (κ2) is 7.38. The van der Waals surface area contributed by atoms with Crippen LogP contribution in [0.5, 0.6) is 0 Å². The van der Waals surface area contributed by atoms with Crippen molar-refractivity contribution < 1.29 is 8.42 Å². The molecule has 1 aliphatic heterocycles. The molecule has 0 aromatic heterocycles. The lowest BCUT2D eigenvalue weighted by molar-refractivity contribution is 0.538. The first-order chi connectivity index (χ1) is 8.49. The van der Waals surface area contributed by atoms with Gasteiger partial charge in [-0.25, -0.2) is 13.1 Å². The van der Waals surface area contributed by atoms with E-state index in [4.69, 9.17) is 0 Å². The lowest BCUT2D eigenvalue weighted by Crippen LogP contribution is -2.30. The standard InChI is InChI=1S/C11H14Br2N2O2S.ClH/c12-9-1-2-10(13)11(5-9)18(16,17)15-7-8-3-4-14-6-8;/h1-2,5,8,14-15H,3-4,6-7H2;1H. The summed E-state index contributed by atoms with van der Waals surface area (Å²) >= 11 is 6.55. The highest BCUT2D eigenvalue weighted by Crippen LogP contribution is 2.25. The summed E-state index contributed by atoms with van der Waals surface area (Å²) in [7, 11) is -3.46. The summed E-state index contributed by atoms with van der Waals surface area (Å²) in [6, 6.07) is 5.11. The number of halogens is 3. The van der Waals surface area contributed by atoms with Gasteiger partial charge in [0.25, 0.3) is 0 Å². The third-order valence-electron chi connectivity index (χ3n) is 2.91. The van der Waals surface area contributed by atoms with Crippen LogP contribution in [0, 0.1) is 5.92 Å². The number of rotatable bonds is 4. The first-order valence-corrected chi connectivity index (χ1v) is 8.71. The van der Waals surface area contributed by atoms with E-state index in [0.29, 0.717) is 16.9 Å². The zero-order chi connectivity index (χ0) is 13.2. The highest BCUT2D eigenvalue weighted by molar-refractivity contribution is 9.11. The van der Waals surface area contributed by atoms with Gasteiger partial charge in [-0.15, -0.1) is 12.4 Å². The van der Waals surface area contributed by atoms with E-state index >= 15 is 0 Å². The molecule has 2 N–H and O–H groups in total. The third-order valence-corrected chi connectivity index (χ3v) is 5.82. The Morgan fingerprint density at radius 3 is 2.74 bits per heavy atom. The van der Waals surface area contributed by atoms with Crippen LogP contribution in [-0.2, 0) is 10.0 Å². The Morgan fingerprint density at radius 2 is 2.11 bits per heavy atom. The molecule has 1 aromatic rings. The Labute approximate surface area is 136 Å². The van der Waals surface area contributed by atoms with Gasteiger partial charge >= 0.3 is 0 Å². The number of hydrogen-bond donors (Lipinski definition) is 2. The van der Waals surface area contributed by atoms with Crippen molar-refractivity contribution in [3.63, 3.8) is 0 Å². The Balaban J connectivity index is 0.00000180. The fraction of sp³-hybridized carbons (Fsp3) is 0.455. The van der Waals surface area contributed by atoms with Crippen LogP contribution in [0.1, 0.15) is 6.42 Å². The summed E-state index contributed by atoms with van der Waals surface area (Å²) in [5, 5.41) is 3.22. The molecule has 108 valence electrons. The monoisotopic (exact) mass is 432 g/mol. The predicted molar refractivity (Wildman–Crippen MR) is 85.3 cm³/mol. The molecule has 1 aromatic carbocycles. The molecule has 1 heterocycles. The molecule has 1 unspecified atom stereocenters. The number of hydrogen-bond acceptors (Lipinski definition) is 3. The fourth-order valence-corrected chi connectivity index (χ4v) is 4.49. The first kappa shape index (κ1) is 17.4. The van der Waals surface area contributed by atoms with Gasteiger partial charge < -0.3 is 5.32 Å². The average Bonchev–Trinajstić information content (AvgIpc) is 2.83. The van der Waals surface area contributed by atoms with Gasteiger partial charge in [0.15, 0.2) is 0 Å². The lowest BCUT2D eigenvalue weighted by atomic mass is 10.1. The van der Waals surface area contributed by atoms with Crippen LogP contribution in [0.3, 0.4) is 0 Å². The maximum atomic E-state index is 12.2. The minimum absolute atomic E-state index is 0. The second-order valence-corrected chi connectivity index (χ2v) is 7.79. The predicted octanol–water partition coefficient (Wildman–Crippen LogP) is 2.52. The molecule has 1 fully saturated rings. The van der Waals surface area contributed by atoms with Gasteiger partial charge in [0.2, 0.25) is 10.0 Å². The number of nitrogens with one attached hydrogen (secondary N) is 2. The average molecular weight is 435 g/mol. The van der Waals surface area contributed by atoms with Crippen molar-refractivity contribution in [3.8, 4) is 0 Å². The van der Waals surface area contributed by atoms with Crippen molar-refractivity contribution >= 4 is 54.3 Å². The minimum Gasteiger partial charge on any atom is -0.316 e. The van der Waals surface area contributed by atoms with Crippen LogP contribution in [0.4, 0.5) is 0 Å². The van der Waals surface area contributed by atoms with Crippen LogP contribution in [0.15, 0.2) is 32.0 Å². The normalized spacial score (nSPS) is 19.2. The van der Waals surface area contributed by atoms with Gasteiger partial charge in [-0.1, -0.05) is 15.9 Å². The van der Waals surface area contributed by atoms with Gasteiger partial charge in [-0.05, 0) is 59.6 Å². The Hall–Kier alpha value is 0.340. The smallest absolute Gasteiger partial charge is 0.241 e. The van der Waals surface area contributed by atoms with Crippen molar-refractivity contribution in [2.24, 2.45) is 5.92 Å². The number of sulfonamides is 1. The van der Waals surface area contributed by atoms with Gasteiger partial charge in [0.1, 0.15) is 0 Å². The Kier molecular flexibility index (Phi) is 6.75. The summed E-state index contributed by atoms with van der Waals surface area (Å²) < 4.78 is 28.3. The van der Waals surface area contributed by atoms with Gasteiger partial charge in [-0.3, -0.25) is 0 Å². The van der Waals surface area contributed by atoms with Gasteiger partial charge in [0, 0.05) is 15.5 Å². The van der Waals surface area contributed by atoms with E-state index in [0.717, 1.165) is 24.0 Å². The van der Waals surface area contributed by atoms with E-state index in [1.165, 1.54) is 0 Å². The van der Waals surface area contributed by atoms with Crippen LogP contribution in [0.2, 0.25) is 0 Å². The third kappa shape index (κ3) is 4.68. The molecule has 2 rings (SSSR count). The molecule has 0 spiro atoms.